The van der Waals surface area contributed by atoms with E-state index in [1.54, 1.807) is 7.11 Å². The lowest BCUT2D eigenvalue weighted by Gasteiger charge is -2.08. The molecule has 0 spiro atoms. The number of aryl methyl sites for hydroxylation is 1. The molecular formula is C18H30BrN5O2. The van der Waals surface area contributed by atoms with E-state index in [2.05, 4.69) is 37.8 Å². The van der Waals surface area contributed by atoms with Gasteiger partial charge < -0.3 is 15.2 Å². The maximum Gasteiger partial charge on any atom is 0.320 e. The third kappa shape index (κ3) is 5.72. The smallest absolute Gasteiger partial charge is 0.320 e. The Morgan fingerprint density at radius 2 is 1.73 bits per heavy atom. The predicted molar refractivity (Wildman–Crippen MR) is 108 cm³/mol. The van der Waals surface area contributed by atoms with Gasteiger partial charge in [0, 0.05) is 11.9 Å². The van der Waals surface area contributed by atoms with E-state index in [1.807, 2.05) is 4.57 Å². The summed E-state index contributed by atoms with van der Waals surface area (Å²) in [6.45, 7) is 3.49. The zero-order chi connectivity index (χ0) is 18.8. The number of alkyl halides is 1. The first kappa shape index (κ1) is 20.7. The second-order valence-electron chi connectivity index (χ2n) is 6.33. The van der Waals surface area contributed by atoms with Crippen molar-refractivity contribution < 1.29 is 9.47 Å². The molecule has 26 heavy (non-hydrogen) atoms. The molecule has 0 radical (unpaired) electrons. The lowest BCUT2D eigenvalue weighted by molar-refractivity contribution is 0.286. The van der Waals surface area contributed by atoms with Gasteiger partial charge in [0.1, 0.15) is 0 Å². The van der Waals surface area contributed by atoms with Gasteiger partial charge >= 0.3 is 6.01 Å². The average molecular weight is 428 g/mol. The molecule has 0 bridgehead atoms. The Morgan fingerprint density at radius 1 is 1.00 bits per heavy atom. The lowest BCUT2D eigenvalue weighted by atomic mass is 10.1. The minimum absolute atomic E-state index is 0.307. The maximum atomic E-state index is 6.05. The van der Waals surface area contributed by atoms with Gasteiger partial charge in [0.15, 0.2) is 17.0 Å². The molecule has 2 rings (SSSR count). The van der Waals surface area contributed by atoms with Gasteiger partial charge in [0.2, 0.25) is 0 Å². The van der Waals surface area contributed by atoms with Gasteiger partial charge in [-0.3, -0.25) is 4.57 Å². The summed E-state index contributed by atoms with van der Waals surface area (Å²) >= 11 is 3.47. The largest absolute Gasteiger partial charge is 0.468 e. The maximum absolute atomic E-state index is 6.05. The summed E-state index contributed by atoms with van der Waals surface area (Å²) in [5, 5.41) is 1.09. The van der Waals surface area contributed by atoms with E-state index in [0.29, 0.717) is 35.6 Å². The van der Waals surface area contributed by atoms with Gasteiger partial charge in [0.05, 0.1) is 13.7 Å². The number of hydrogen-bond acceptors (Lipinski definition) is 6. The molecule has 0 atom stereocenters. The van der Waals surface area contributed by atoms with Crippen LogP contribution in [0.1, 0.15) is 58.3 Å². The molecule has 0 saturated heterocycles. The lowest BCUT2D eigenvalue weighted by Crippen LogP contribution is -2.06. The summed E-state index contributed by atoms with van der Waals surface area (Å²) in [5.41, 5.74) is 7.31. The summed E-state index contributed by atoms with van der Waals surface area (Å²) < 4.78 is 13.0. The Kier molecular flexibility index (Phi) is 8.94. The number of hydrogen-bond donors (Lipinski definition) is 1. The minimum Gasteiger partial charge on any atom is -0.468 e. The number of nitrogens with zero attached hydrogens (tertiary/aromatic N) is 4. The number of fused-ring (bicyclic) bond motifs is 1. The predicted octanol–water partition coefficient (Wildman–Crippen LogP) is 4.33. The van der Waals surface area contributed by atoms with Crippen molar-refractivity contribution in [2.45, 2.75) is 64.8 Å². The number of halogens is 1. The van der Waals surface area contributed by atoms with Crippen molar-refractivity contribution >= 4 is 32.9 Å². The molecule has 7 nitrogen and oxygen atoms in total. The number of nitrogen functional groups attached to an aromatic ring is 1. The molecule has 0 amide bonds. The number of imidazole rings is 1. The zero-order valence-electron chi connectivity index (χ0n) is 15.8. The highest BCUT2D eigenvalue weighted by Gasteiger charge is 2.17. The van der Waals surface area contributed by atoms with Crippen LogP contribution in [0.25, 0.3) is 11.2 Å². The van der Waals surface area contributed by atoms with E-state index in [4.69, 9.17) is 15.2 Å². The number of rotatable bonds is 13. The Hall–Kier alpha value is -1.57. The number of anilines is 1. The summed E-state index contributed by atoms with van der Waals surface area (Å²) in [4.78, 5) is 13.2. The Bertz CT molecular complexity index is 677. The van der Waals surface area contributed by atoms with Gasteiger partial charge in [-0.1, -0.05) is 55.0 Å². The first-order chi connectivity index (χ1) is 12.7. The highest BCUT2D eigenvalue weighted by Crippen LogP contribution is 2.26. The van der Waals surface area contributed by atoms with Crippen LogP contribution in [0.15, 0.2) is 0 Å². The minimum atomic E-state index is 0.307. The molecule has 2 aromatic rings. The van der Waals surface area contributed by atoms with Crippen molar-refractivity contribution in [1.29, 1.82) is 0 Å². The van der Waals surface area contributed by atoms with Gasteiger partial charge in [0.25, 0.3) is 6.01 Å². The van der Waals surface area contributed by atoms with Crippen LogP contribution >= 0.6 is 15.9 Å². The number of methoxy groups -OCH3 is 1. The molecule has 8 heteroatoms. The fourth-order valence-electron chi connectivity index (χ4n) is 2.78. The van der Waals surface area contributed by atoms with Crippen LogP contribution in [0.4, 0.5) is 5.82 Å². The third-order valence-electron chi connectivity index (χ3n) is 4.24. The number of unbranched alkanes of at least 4 members (excludes halogenated alkanes) is 6. The van der Waals surface area contributed by atoms with Crippen LogP contribution in [-0.2, 0) is 6.54 Å². The fraction of sp³-hybridized carbons (Fsp3) is 0.722. The highest BCUT2D eigenvalue weighted by molar-refractivity contribution is 9.09. The van der Waals surface area contributed by atoms with Crippen LogP contribution in [0, 0.1) is 0 Å². The van der Waals surface area contributed by atoms with Crippen LogP contribution in [0.2, 0.25) is 0 Å². The van der Waals surface area contributed by atoms with E-state index in [-0.39, 0.29) is 0 Å². The van der Waals surface area contributed by atoms with Gasteiger partial charge in [-0.25, -0.2) is 0 Å². The summed E-state index contributed by atoms with van der Waals surface area (Å²) in [6.07, 6.45) is 9.28. The average Bonchev–Trinajstić information content (AvgIpc) is 2.99. The zero-order valence-corrected chi connectivity index (χ0v) is 17.4. The molecule has 0 aliphatic carbocycles. The summed E-state index contributed by atoms with van der Waals surface area (Å²) in [7, 11) is 1.61. The van der Waals surface area contributed by atoms with E-state index in [9.17, 15) is 0 Å². The molecule has 2 aromatic heterocycles. The molecule has 0 saturated carbocycles. The van der Waals surface area contributed by atoms with Gasteiger partial charge in [-0.2, -0.15) is 15.0 Å². The quantitative estimate of drug-likeness (QED) is 0.377. The Labute approximate surface area is 163 Å². The molecule has 0 unspecified atom stereocenters. The molecule has 2 N–H and O–H groups in total. The van der Waals surface area contributed by atoms with Crippen molar-refractivity contribution in [3.63, 3.8) is 0 Å². The number of ether oxygens (including phenoxy) is 2. The topological polar surface area (TPSA) is 88.1 Å². The van der Waals surface area contributed by atoms with Gasteiger partial charge in [-0.05, 0) is 19.3 Å². The fourth-order valence-corrected chi connectivity index (χ4v) is 3.18. The Morgan fingerprint density at radius 3 is 2.42 bits per heavy atom. The van der Waals surface area contributed by atoms with E-state index in [0.717, 1.165) is 31.1 Å². The number of nitrogens with two attached hydrogens (primary N) is 1. The highest BCUT2D eigenvalue weighted by atomic mass is 79.9. The molecule has 0 aromatic carbocycles. The second kappa shape index (κ2) is 11.2. The molecule has 0 fully saturated rings. The van der Waals surface area contributed by atoms with Crippen molar-refractivity contribution in [1.82, 2.24) is 19.5 Å². The van der Waals surface area contributed by atoms with E-state index in [1.165, 1.54) is 32.1 Å². The van der Waals surface area contributed by atoms with Crippen LogP contribution in [0.5, 0.6) is 12.0 Å². The van der Waals surface area contributed by atoms with Gasteiger partial charge in [-0.15, -0.1) is 0 Å². The van der Waals surface area contributed by atoms with Crippen molar-refractivity contribution in [2.75, 3.05) is 24.8 Å². The first-order valence-corrected chi connectivity index (χ1v) is 10.6. The number of aromatic nitrogens is 4. The summed E-state index contributed by atoms with van der Waals surface area (Å²) in [6, 6.07) is 0.827. The first-order valence-electron chi connectivity index (χ1n) is 9.47. The summed E-state index contributed by atoms with van der Waals surface area (Å²) in [5.74, 6) is 0.327. The molecule has 0 aliphatic rings. The standard InChI is InChI=1S/C18H30BrN5O2/c1-3-4-13-26-17-22-15(20)14-16(23-17)24(18(21-14)25-2)12-10-8-6-5-7-9-11-19/h3-13H2,1-2H3,(H2,20,22,23). The van der Waals surface area contributed by atoms with Crippen LogP contribution < -0.4 is 15.2 Å². The molecule has 2 heterocycles. The van der Waals surface area contributed by atoms with Crippen LogP contribution in [-0.4, -0.2) is 38.6 Å². The van der Waals surface area contributed by atoms with Crippen molar-refractivity contribution in [3.05, 3.63) is 0 Å². The second-order valence-corrected chi connectivity index (χ2v) is 7.12. The third-order valence-corrected chi connectivity index (χ3v) is 4.80. The van der Waals surface area contributed by atoms with Crippen molar-refractivity contribution in [3.8, 4) is 12.0 Å². The Balaban J connectivity index is 2.05. The van der Waals surface area contributed by atoms with Crippen molar-refractivity contribution in [2.24, 2.45) is 0 Å². The van der Waals surface area contributed by atoms with Crippen LogP contribution in [0.3, 0.4) is 0 Å². The molecule has 0 aliphatic heterocycles. The molecule has 146 valence electrons. The van der Waals surface area contributed by atoms with E-state index >= 15 is 0 Å². The monoisotopic (exact) mass is 427 g/mol. The molecular weight excluding hydrogens is 398 g/mol. The normalized spacial score (nSPS) is 11.2. The van der Waals surface area contributed by atoms with E-state index < -0.39 is 0 Å². The SMILES string of the molecule is CCCCOc1nc(N)c2nc(OC)n(CCCCCCCCBr)c2n1.